The number of carbonyl (C=O) groups excluding carboxylic acids is 1. The third-order valence-electron chi connectivity index (χ3n) is 3.83. The highest BCUT2D eigenvalue weighted by Gasteiger charge is 2.09. The largest absolute Gasteiger partial charge is 0.493 e. The first-order chi connectivity index (χ1) is 11.5. The Morgan fingerprint density at radius 1 is 1.00 bits per heavy atom. The van der Waals surface area contributed by atoms with Gasteiger partial charge in [0.25, 0.3) is 0 Å². The van der Waals surface area contributed by atoms with Gasteiger partial charge in [-0.05, 0) is 55.7 Å². The molecule has 128 valence electrons. The average molecular weight is 328 g/mol. The highest BCUT2D eigenvalue weighted by atomic mass is 16.5. The van der Waals surface area contributed by atoms with E-state index in [0.717, 1.165) is 22.4 Å². The fourth-order valence-corrected chi connectivity index (χ4v) is 2.41. The highest BCUT2D eigenvalue weighted by Crippen LogP contribution is 2.30. The molecule has 0 aliphatic heterocycles. The summed E-state index contributed by atoms with van der Waals surface area (Å²) in [6, 6.07) is 11.4. The predicted octanol–water partition coefficient (Wildman–Crippen LogP) is 3.68. The topological polar surface area (TPSA) is 59.6 Å². The van der Waals surface area contributed by atoms with Crippen LogP contribution >= 0.6 is 0 Å². The molecule has 0 saturated carbocycles. The standard InChI is InChI=1S/C19H24N2O3/c1-13-5-7-16(8-6-13)21-19(22)20-10-9-15-12-18(24-4)17(23-3)11-14(15)2/h5-8,11-12H,9-10H2,1-4H3,(H2,20,21,22). The van der Waals surface area contributed by atoms with Gasteiger partial charge in [0.05, 0.1) is 14.2 Å². The monoisotopic (exact) mass is 328 g/mol. The number of benzene rings is 2. The summed E-state index contributed by atoms with van der Waals surface area (Å²) in [5, 5.41) is 5.68. The fourth-order valence-electron chi connectivity index (χ4n) is 2.41. The van der Waals surface area contributed by atoms with Crippen LogP contribution in [0.2, 0.25) is 0 Å². The molecular formula is C19H24N2O3. The van der Waals surface area contributed by atoms with E-state index in [2.05, 4.69) is 10.6 Å². The Morgan fingerprint density at radius 2 is 1.62 bits per heavy atom. The summed E-state index contributed by atoms with van der Waals surface area (Å²) in [5.74, 6) is 1.41. The molecule has 2 N–H and O–H groups in total. The second kappa shape index (κ2) is 8.24. The number of hydrogen-bond donors (Lipinski definition) is 2. The lowest BCUT2D eigenvalue weighted by molar-refractivity contribution is 0.252. The number of aryl methyl sites for hydroxylation is 2. The Balaban J connectivity index is 1.89. The zero-order valence-corrected chi connectivity index (χ0v) is 14.6. The molecule has 0 radical (unpaired) electrons. The lowest BCUT2D eigenvalue weighted by atomic mass is 10.0. The number of amides is 2. The zero-order valence-electron chi connectivity index (χ0n) is 14.6. The maximum Gasteiger partial charge on any atom is 0.319 e. The Hall–Kier alpha value is -2.69. The molecular weight excluding hydrogens is 304 g/mol. The van der Waals surface area contributed by atoms with Gasteiger partial charge in [-0.15, -0.1) is 0 Å². The van der Waals surface area contributed by atoms with Gasteiger partial charge in [-0.1, -0.05) is 17.7 Å². The molecule has 2 aromatic rings. The normalized spacial score (nSPS) is 10.2. The van der Waals surface area contributed by atoms with Crippen molar-refractivity contribution in [1.82, 2.24) is 5.32 Å². The molecule has 0 unspecified atom stereocenters. The Kier molecular flexibility index (Phi) is 6.07. The van der Waals surface area contributed by atoms with Crippen molar-refractivity contribution in [2.75, 3.05) is 26.1 Å². The van der Waals surface area contributed by atoms with Gasteiger partial charge in [0.1, 0.15) is 0 Å². The number of carbonyl (C=O) groups is 1. The lowest BCUT2D eigenvalue weighted by Crippen LogP contribution is -2.30. The molecule has 0 saturated heterocycles. The highest BCUT2D eigenvalue weighted by molar-refractivity contribution is 5.89. The van der Waals surface area contributed by atoms with Gasteiger partial charge >= 0.3 is 6.03 Å². The Morgan fingerprint density at radius 3 is 2.25 bits per heavy atom. The number of hydrogen-bond acceptors (Lipinski definition) is 3. The van der Waals surface area contributed by atoms with Crippen LogP contribution in [-0.4, -0.2) is 26.8 Å². The van der Waals surface area contributed by atoms with Gasteiger partial charge in [0, 0.05) is 12.2 Å². The Bertz CT molecular complexity index is 697. The molecule has 0 aromatic heterocycles. The summed E-state index contributed by atoms with van der Waals surface area (Å²) < 4.78 is 10.6. The summed E-state index contributed by atoms with van der Waals surface area (Å²) in [5.41, 5.74) is 4.15. The quantitative estimate of drug-likeness (QED) is 0.850. The van der Waals surface area contributed by atoms with E-state index < -0.39 is 0 Å². The molecule has 2 amide bonds. The SMILES string of the molecule is COc1cc(C)c(CCNC(=O)Nc2ccc(C)cc2)cc1OC. The van der Waals surface area contributed by atoms with Gasteiger partial charge < -0.3 is 20.1 Å². The van der Waals surface area contributed by atoms with Gasteiger partial charge in [-0.2, -0.15) is 0 Å². The van der Waals surface area contributed by atoms with Crippen molar-refractivity contribution < 1.29 is 14.3 Å². The third-order valence-corrected chi connectivity index (χ3v) is 3.83. The van der Waals surface area contributed by atoms with Gasteiger partial charge in [-0.25, -0.2) is 4.79 Å². The maximum absolute atomic E-state index is 11.9. The molecule has 0 spiro atoms. The molecule has 0 bridgehead atoms. The molecule has 0 fully saturated rings. The van der Waals surface area contributed by atoms with Gasteiger partial charge in [0.2, 0.25) is 0 Å². The minimum Gasteiger partial charge on any atom is -0.493 e. The number of methoxy groups -OCH3 is 2. The summed E-state index contributed by atoms with van der Waals surface area (Å²) in [4.78, 5) is 11.9. The van der Waals surface area contributed by atoms with Crippen LogP contribution in [0.25, 0.3) is 0 Å². The van der Waals surface area contributed by atoms with Crippen LogP contribution in [0.4, 0.5) is 10.5 Å². The van der Waals surface area contributed by atoms with Crippen LogP contribution in [0, 0.1) is 13.8 Å². The fraction of sp³-hybridized carbons (Fsp3) is 0.316. The van der Waals surface area contributed by atoms with Crippen LogP contribution < -0.4 is 20.1 Å². The minimum atomic E-state index is -0.211. The van der Waals surface area contributed by atoms with Crippen LogP contribution in [0.1, 0.15) is 16.7 Å². The predicted molar refractivity (Wildman–Crippen MR) is 96.2 cm³/mol. The molecule has 0 heterocycles. The average Bonchev–Trinajstić information content (AvgIpc) is 2.58. The van der Waals surface area contributed by atoms with Crippen LogP contribution in [0.5, 0.6) is 11.5 Å². The number of nitrogens with one attached hydrogen (secondary N) is 2. The van der Waals surface area contributed by atoms with E-state index in [-0.39, 0.29) is 6.03 Å². The van der Waals surface area contributed by atoms with Gasteiger partial charge in [0.15, 0.2) is 11.5 Å². The van der Waals surface area contributed by atoms with E-state index in [9.17, 15) is 4.79 Å². The molecule has 5 nitrogen and oxygen atoms in total. The maximum atomic E-state index is 11.9. The first-order valence-electron chi connectivity index (χ1n) is 7.86. The summed E-state index contributed by atoms with van der Waals surface area (Å²) in [6.07, 6.45) is 0.716. The minimum absolute atomic E-state index is 0.211. The number of urea groups is 1. The molecule has 24 heavy (non-hydrogen) atoms. The van der Waals surface area contributed by atoms with Crippen LogP contribution in [0.15, 0.2) is 36.4 Å². The van der Waals surface area contributed by atoms with E-state index in [1.165, 1.54) is 0 Å². The zero-order chi connectivity index (χ0) is 17.5. The van der Waals surface area contributed by atoms with Gasteiger partial charge in [-0.3, -0.25) is 0 Å². The smallest absolute Gasteiger partial charge is 0.319 e. The molecule has 5 heteroatoms. The first kappa shape index (κ1) is 17.7. The second-order valence-electron chi connectivity index (χ2n) is 5.63. The van der Waals surface area contributed by atoms with Crippen molar-refractivity contribution in [2.24, 2.45) is 0 Å². The lowest BCUT2D eigenvalue weighted by Gasteiger charge is -2.13. The van der Waals surface area contributed by atoms with Crippen molar-refractivity contribution in [2.45, 2.75) is 20.3 Å². The van der Waals surface area contributed by atoms with Crippen LogP contribution in [0.3, 0.4) is 0 Å². The van der Waals surface area contributed by atoms with E-state index in [0.29, 0.717) is 24.5 Å². The molecule has 0 aliphatic carbocycles. The Labute approximate surface area is 143 Å². The molecule has 0 atom stereocenters. The van der Waals surface area contributed by atoms with Crippen molar-refractivity contribution in [3.05, 3.63) is 53.1 Å². The van der Waals surface area contributed by atoms with Crippen molar-refractivity contribution in [3.8, 4) is 11.5 Å². The van der Waals surface area contributed by atoms with E-state index >= 15 is 0 Å². The van der Waals surface area contributed by atoms with E-state index in [1.807, 2.05) is 50.2 Å². The second-order valence-corrected chi connectivity index (χ2v) is 5.63. The van der Waals surface area contributed by atoms with Crippen LogP contribution in [-0.2, 0) is 6.42 Å². The molecule has 2 rings (SSSR count). The summed E-state index contributed by atoms with van der Waals surface area (Å²) in [7, 11) is 3.23. The van der Waals surface area contributed by atoms with E-state index in [4.69, 9.17) is 9.47 Å². The number of ether oxygens (including phenoxy) is 2. The van der Waals surface area contributed by atoms with E-state index in [1.54, 1.807) is 14.2 Å². The number of anilines is 1. The summed E-state index contributed by atoms with van der Waals surface area (Å²) in [6.45, 7) is 4.56. The van der Waals surface area contributed by atoms with Crippen molar-refractivity contribution in [1.29, 1.82) is 0 Å². The van der Waals surface area contributed by atoms with Crippen molar-refractivity contribution in [3.63, 3.8) is 0 Å². The number of rotatable bonds is 6. The van der Waals surface area contributed by atoms with Crippen molar-refractivity contribution >= 4 is 11.7 Å². The summed E-state index contributed by atoms with van der Waals surface area (Å²) >= 11 is 0. The first-order valence-corrected chi connectivity index (χ1v) is 7.86. The molecule has 2 aromatic carbocycles. The molecule has 0 aliphatic rings. The third kappa shape index (κ3) is 4.65.